The van der Waals surface area contributed by atoms with Crippen LogP contribution < -0.4 is 5.32 Å². The zero-order valence-corrected chi connectivity index (χ0v) is 13.0. The van der Waals surface area contributed by atoms with Gasteiger partial charge in [-0.3, -0.25) is 0 Å². The normalized spacial score (nSPS) is 18.3. The Bertz CT molecular complexity index is 636. The van der Waals surface area contributed by atoms with Crippen LogP contribution in [0, 0.1) is 6.92 Å². The van der Waals surface area contributed by atoms with E-state index in [0.29, 0.717) is 11.9 Å². The van der Waals surface area contributed by atoms with Crippen molar-refractivity contribution in [1.29, 1.82) is 0 Å². The van der Waals surface area contributed by atoms with E-state index in [2.05, 4.69) is 21.4 Å². The summed E-state index contributed by atoms with van der Waals surface area (Å²) in [5.41, 5.74) is 2.96. The minimum absolute atomic E-state index is 0.286. The molecular formula is C18H23N3O. The van der Waals surface area contributed by atoms with Gasteiger partial charge in [0.15, 0.2) is 5.82 Å². The predicted octanol–water partition coefficient (Wildman–Crippen LogP) is 3.23. The zero-order chi connectivity index (χ0) is 15.4. The van der Waals surface area contributed by atoms with Crippen LogP contribution in [0.3, 0.4) is 0 Å². The van der Waals surface area contributed by atoms with Gasteiger partial charge in [0, 0.05) is 23.5 Å². The van der Waals surface area contributed by atoms with Gasteiger partial charge in [-0.2, -0.15) is 0 Å². The van der Waals surface area contributed by atoms with E-state index in [1.807, 2.05) is 19.1 Å². The zero-order valence-electron chi connectivity index (χ0n) is 13.0. The number of phenols is 1. The number of nitrogens with zero attached hydrogens (tertiary/aromatic N) is 2. The number of nitrogens with one attached hydrogen (secondary N) is 1. The van der Waals surface area contributed by atoms with Gasteiger partial charge >= 0.3 is 0 Å². The van der Waals surface area contributed by atoms with Gasteiger partial charge in [0.1, 0.15) is 5.75 Å². The van der Waals surface area contributed by atoms with E-state index in [-0.39, 0.29) is 5.75 Å². The van der Waals surface area contributed by atoms with Crippen molar-refractivity contribution in [2.24, 2.45) is 0 Å². The summed E-state index contributed by atoms with van der Waals surface area (Å²) < 4.78 is 0. The van der Waals surface area contributed by atoms with E-state index < -0.39 is 0 Å². The summed E-state index contributed by atoms with van der Waals surface area (Å²) in [4.78, 5) is 8.75. The Hall–Kier alpha value is -1.94. The third kappa shape index (κ3) is 3.83. The molecule has 2 heterocycles. The van der Waals surface area contributed by atoms with Gasteiger partial charge in [0.2, 0.25) is 0 Å². The van der Waals surface area contributed by atoms with Crippen LogP contribution in [0.15, 0.2) is 30.5 Å². The maximum atomic E-state index is 9.99. The maximum Gasteiger partial charge on any atom is 0.159 e. The fourth-order valence-electron chi connectivity index (χ4n) is 3.05. The second kappa shape index (κ2) is 6.88. The third-order valence-corrected chi connectivity index (χ3v) is 4.22. The number of benzene rings is 1. The average Bonchev–Trinajstić information content (AvgIpc) is 2.53. The van der Waals surface area contributed by atoms with Crippen molar-refractivity contribution in [3.63, 3.8) is 0 Å². The smallest absolute Gasteiger partial charge is 0.159 e. The van der Waals surface area contributed by atoms with Crippen molar-refractivity contribution in [3.05, 3.63) is 41.7 Å². The molecule has 1 aliphatic rings. The van der Waals surface area contributed by atoms with Gasteiger partial charge < -0.3 is 10.4 Å². The van der Waals surface area contributed by atoms with Gasteiger partial charge in [0.05, 0.1) is 0 Å². The molecule has 1 aromatic heterocycles. The predicted molar refractivity (Wildman–Crippen MR) is 87.8 cm³/mol. The van der Waals surface area contributed by atoms with Crippen LogP contribution in [-0.4, -0.2) is 27.7 Å². The molecule has 1 fully saturated rings. The molecule has 0 bridgehead atoms. The van der Waals surface area contributed by atoms with Crippen LogP contribution in [0.2, 0.25) is 0 Å². The van der Waals surface area contributed by atoms with Crippen molar-refractivity contribution in [2.45, 2.75) is 45.1 Å². The molecule has 0 saturated carbocycles. The van der Waals surface area contributed by atoms with Crippen molar-refractivity contribution >= 4 is 0 Å². The van der Waals surface area contributed by atoms with Crippen LogP contribution in [0.4, 0.5) is 0 Å². The molecule has 4 nitrogen and oxygen atoms in total. The minimum Gasteiger partial charge on any atom is -0.508 e. The Morgan fingerprint density at radius 1 is 1.27 bits per heavy atom. The monoisotopic (exact) mass is 297 g/mol. The Kier molecular flexibility index (Phi) is 4.68. The highest BCUT2D eigenvalue weighted by molar-refractivity contribution is 5.59. The van der Waals surface area contributed by atoms with Crippen molar-refractivity contribution in [1.82, 2.24) is 15.3 Å². The summed E-state index contributed by atoms with van der Waals surface area (Å²) in [5.74, 6) is 0.960. The molecule has 1 saturated heterocycles. The van der Waals surface area contributed by atoms with Crippen molar-refractivity contribution < 1.29 is 5.11 Å². The molecule has 2 aromatic rings. The van der Waals surface area contributed by atoms with Gasteiger partial charge in [-0.1, -0.05) is 6.42 Å². The second-order valence-corrected chi connectivity index (χ2v) is 6.10. The van der Waals surface area contributed by atoms with Gasteiger partial charge in [0.25, 0.3) is 0 Å². The summed E-state index contributed by atoms with van der Waals surface area (Å²) in [6.07, 6.45) is 7.69. The number of piperidine rings is 1. The third-order valence-electron chi connectivity index (χ3n) is 4.22. The summed E-state index contributed by atoms with van der Waals surface area (Å²) in [7, 11) is 0. The fourth-order valence-corrected chi connectivity index (χ4v) is 3.05. The molecule has 1 aromatic carbocycles. The number of phenolic OH excluding ortho intramolecular Hbond substituents is 1. The van der Waals surface area contributed by atoms with Crippen LogP contribution >= 0.6 is 0 Å². The lowest BCUT2D eigenvalue weighted by Crippen LogP contribution is -2.34. The first kappa shape index (κ1) is 15.0. The molecule has 2 N–H and O–H groups in total. The maximum absolute atomic E-state index is 9.99. The lowest BCUT2D eigenvalue weighted by molar-refractivity contribution is 0.382. The molecule has 0 amide bonds. The highest BCUT2D eigenvalue weighted by Crippen LogP contribution is 2.24. The molecule has 0 radical (unpaired) electrons. The summed E-state index contributed by atoms with van der Waals surface area (Å²) in [6.45, 7) is 3.08. The lowest BCUT2D eigenvalue weighted by atomic mass is 9.97. The van der Waals surface area contributed by atoms with Crippen LogP contribution in [0.25, 0.3) is 11.4 Å². The number of aromatic hydroxyl groups is 1. The van der Waals surface area contributed by atoms with E-state index in [4.69, 9.17) is 0 Å². The van der Waals surface area contributed by atoms with Crippen LogP contribution in [-0.2, 0) is 6.42 Å². The molecular weight excluding hydrogens is 274 g/mol. The first-order valence-electron chi connectivity index (χ1n) is 8.07. The highest BCUT2D eigenvalue weighted by atomic mass is 16.3. The number of aromatic nitrogens is 2. The van der Waals surface area contributed by atoms with Crippen LogP contribution in [0.5, 0.6) is 5.75 Å². The average molecular weight is 297 g/mol. The topological polar surface area (TPSA) is 58.0 Å². The molecule has 116 valence electrons. The second-order valence-electron chi connectivity index (χ2n) is 6.10. The van der Waals surface area contributed by atoms with Gasteiger partial charge in [-0.15, -0.1) is 0 Å². The SMILES string of the molecule is Cc1ccnc(-c2cc(O)cc(CC[C@H]3CCCCN3)c2)n1. The number of hydrogen-bond acceptors (Lipinski definition) is 4. The molecule has 1 atom stereocenters. The standard InChI is InChI=1S/C18H23N3O/c1-13-7-9-20-18(21-13)15-10-14(11-17(22)12-15)5-6-16-4-2-3-8-19-16/h7,9-12,16,19,22H,2-6,8H2,1H3/t16-/m1/s1. The van der Waals surface area contributed by atoms with E-state index >= 15 is 0 Å². The van der Waals surface area contributed by atoms with Crippen molar-refractivity contribution in [2.75, 3.05) is 6.54 Å². The van der Waals surface area contributed by atoms with E-state index in [0.717, 1.165) is 36.2 Å². The summed E-state index contributed by atoms with van der Waals surface area (Å²) in [5, 5.41) is 13.6. The minimum atomic E-state index is 0.286. The van der Waals surface area contributed by atoms with E-state index in [9.17, 15) is 5.11 Å². The van der Waals surface area contributed by atoms with Crippen LogP contribution in [0.1, 0.15) is 36.9 Å². The highest BCUT2D eigenvalue weighted by Gasteiger charge is 2.13. The number of rotatable bonds is 4. The first-order chi connectivity index (χ1) is 10.7. The van der Waals surface area contributed by atoms with E-state index in [1.54, 1.807) is 12.3 Å². The molecule has 1 aliphatic heterocycles. The Morgan fingerprint density at radius 3 is 2.95 bits per heavy atom. The first-order valence-corrected chi connectivity index (χ1v) is 8.07. The summed E-state index contributed by atoms with van der Waals surface area (Å²) >= 11 is 0. The fraction of sp³-hybridized carbons (Fsp3) is 0.444. The van der Waals surface area contributed by atoms with Gasteiger partial charge in [-0.05, 0) is 69.0 Å². The molecule has 0 spiro atoms. The molecule has 0 unspecified atom stereocenters. The van der Waals surface area contributed by atoms with Crippen molar-refractivity contribution in [3.8, 4) is 17.1 Å². The number of hydrogen-bond donors (Lipinski definition) is 2. The largest absolute Gasteiger partial charge is 0.508 e. The summed E-state index contributed by atoms with van der Waals surface area (Å²) in [6, 6.07) is 8.16. The molecule has 0 aliphatic carbocycles. The number of aryl methyl sites for hydroxylation is 2. The Balaban J connectivity index is 1.74. The Labute approximate surface area is 131 Å². The molecule has 3 rings (SSSR count). The van der Waals surface area contributed by atoms with E-state index in [1.165, 1.54) is 19.3 Å². The molecule has 22 heavy (non-hydrogen) atoms. The lowest BCUT2D eigenvalue weighted by Gasteiger charge is -2.23. The Morgan fingerprint density at radius 2 is 2.18 bits per heavy atom. The quantitative estimate of drug-likeness (QED) is 0.909. The van der Waals surface area contributed by atoms with Gasteiger partial charge in [-0.25, -0.2) is 9.97 Å². The molecule has 4 heteroatoms.